The average Bonchev–Trinajstić information content (AvgIpc) is 2.46. The summed E-state index contributed by atoms with van der Waals surface area (Å²) in [4.78, 5) is 48.3. The van der Waals surface area contributed by atoms with E-state index in [1.54, 1.807) is 0 Å². The number of aromatic amines is 1. The topological polar surface area (TPSA) is 118 Å². The third-order valence-electron chi connectivity index (χ3n) is 2.99. The van der Waals surface area contributed by atoms with E-state index in [9.17, 15) is 24.3 Å². The minimum Gasteiger partial charge on any atom is -0.478 e. The summed E-state index contributed by atoms with van der Waals surface area (Å²) >= 11 is 0. The van der Waals surface area contributed by atoms with Gasteiger partial charge in [0.15, 0.2) is 0 Å². The maximum Gasteiger partial charge on any atom is 0.337 e. The van der Waals surface area contributed by atoms with Crippen molar-refractivity contribution in [1.29, 1.82) is 0 Å². The maximum atomic E-state index is 11.9. The first-order chi connectivity index (χ1) is 9.95. The van der Waals surface area contributed by atoms with Gasteiger partial charge in [0.1, 0.15) is 0 Å². The molecule has 0 spiro atoms. The summed E-state index contributed by atoms with van der Waals surface area (Å²) in [7, 11) is 1.20. The van der Waals surface area contributed by atoms with Crippen LogP contribution in [-0.2, 0) is 16.1 Å². The molecule has 0 aliphatic heterocycles. The van der Waals surface area contributed by atoms with Gasteiger partial charge >= 0.3 is 23.1 Å². The zero-order valence-corrected chi connectivity index (χ0v) is 11.1. The lowest BCUT2D eigenvalue weighted by Gasteiger charge is -2.11. The number of carbonyl (C=O) groups excluding carboxylic acids is 1. The molecular formula is C13H12N2O6. The molecule has 0 amide bonds. The fourth-order valence-electron chi connectivity index (χ4n) is 2.03. The van der Waals surface area contributed by atoms with Crippen molar-refractivity contribution in [1.82, 2.24) is 9.55 Å². The third-order valence-corrected chi connectivity index (χ3v) is 2.99. The Balaban J connectivity index is 2.73. The van der Waals surface area contributed by atoms with Gasteiger partial charge in [-0.05, 0) is 12.1 Å². The Kier molecular flexibility index (Phi) is 3.88. The number of carboxylic acids is 1. The number of hydrogen-bond acceptors (Lipinski definition) is 5. The van der Waals surface area contributed by atoms with Crippen LogP contribution in [0.5, 0.6) is 0 Å². The lowest BCUT2D eigenvalue weighted by atomic mass is 10.1. The highest BCUT2D eigenvalue weighted by Gasteiger charge is 2.16. The molecule has 2 N–H and O–H groups in total. The number of fused-ring (bicyclic) bond motifs is 1. The second-order valence-corrected chi connectivity index (χ2v) is 4.24. The molecule has 0 saturated carbocycles. The van der Waals surface area contributed by atoms with Crippen molar-refractivity contribution in [2.75, 3.05) is 7.11 Å². The van der Waals surface area contributed by atoms with Crippen LogP contribution in [0.4, 0.5) is 0 Å². The molecule has 1 heterocycles. The predicted molar refractivity (Wildman–Crippen MR) is 72.4 cm³/mol. The molecule has 1 aromatic carbocycles. The van der Waals surface area contributed by atoms with Crippen molar-refractivity contribution in [3.05, 3.63) is 44.5 Å². The van der Waals surface area contributed by atoms with Crippen molar-refractivity contribution in [2.45, 2.75) is 13.0 Å². The summed E-state index contributed by atoms with van der Waals surface area (Å²) in [5.41, 5.74) is -1.65. The number of aromatic carboxylic acids is 1. The number of nitrogens with one attached hydrogen (secondary N) is 1. The molecule has 0 radical (unpaired) electrons. The number of para-hydroxylation sites is 1. The van der Waals surface area contributed by atoms with Gasteiger partial charge in [-0.15, -0.1) is 0 Å². The summed E-state index contributed by atoms with van der Waals surface area (Å²) in [6.07, 6.45) is -0.150. The zero-order chi connectivity index (χ0) is 15.6. The molecule has 2 aromatic rings. The minimum atomic E-state index is -1.24. The van der Waals surface area contributed by atoms with Crippen molar-refractivity contribution in [2.24, 2.45) is 0 Å². The van der Waals surface area contributed by atoms with E-state index in [4.69, 9.17) is 0 Å². The number of hydrogen-bond donors (Lipinski definition) is 2. The molecule has 0 atom stereocenters. The van der Waals surface area contributed by atoms with E-state index >= 15 is 0 Å². The summed E-state index contributed by atoms with van der Waals surface area (Å²) in [5.74, 6) is -1.80. The number of aromatic nitrogens is 2. The second-order valence-electron chi connectivity index (χ2n) is 4.24. The van der Waals surface area contributed by atoms with Crippen molar-refractivity contribution >= 4 is 23.0 Å². The van der Waals surface area contributed by atoms with Crippen molar-refractivity contribution in [3.63, 3.8) is 0 Å². The number of carbonyl (C=O) groups is 2. The number of aryl methyl sites for hydroxylation is 1. The van der Waals surface area contributed by atoms with Gasteiger partial charge in [-0.3, -0.25) is 14.4 Å². The van der Waals surface area contributed by atoms with Crippen molar-refractivity contribution in [3.8, 4) is 0 Å². The number of esters is 1. The normalized spacial score (nSPS) is 10.5. The van der Waals surface area contributed by atoms with Gasteiger partial charge in [-0.25, -0.2) is 4.79 Å². The first kappa shape index (κ1) is 14.5. The molecular weight excluding hydrogens is 280 g/mol. The molecule has 2 rings (SSSR count). The van der Waals surface area contributed by atoms with Gasteiger partial charge < -0.3 is 19.4 Å². The lowest BCUT2D eigenvalue weighted by molar-refractivity contribution is -0.140. The fourth-order valence-corrected chi connectivity index (χ4v) is 2.03. The van der Waals surface area contributed by atoms with Gasteiger partial charge in [-0.2, -0.15) is 0 Å². The van der Waals surface area contributed by atoms with Crippen LogP contribution in [-0.4, -0.2) is 33.7 Å². The van der Waals surface area contributed by atoms with Crippen LogP contribution in [0.2, 0.25) is 0 Å². The molecule has 8 heteroatoms. The highest BCUT2D eigenvalue weighted by molar-refractivity contribution is 6.00. The van der Waals surface area contributed by atoms with Crippen molar-refractivity contribution < 1.29 is 19.4 Å². The Morgan fingerprint density at radius 2 is 2.05 bits per heavy atom. The number of carboxylic acid groups (broad SMARTS) is 1. The number of H-pyrrole nitrogens is 1. The van der Waals surface area contributed by atoms with Gasteiger partial charge in [0, 0.05) is 6.54 Å². The predicted octanol–water partition coefficient (Wildman–Crippen LogP) is -0.0489. The maximum absolute atomic E-state index is 11.9. The fraction of sp³-hybridized carbons (Fsp3) is 0.231. The quantitative estimate of drug-likeness (QED) is 0.602. The van der Waals surface area contributed by atoms with Gasteiger partial charge in [0.25, 0.3) is 0 Å². The number of nitrogens with zero attached hydrogens (tertiary/aromatic N) is 1. The molecule has 1 aromatic heterocycles. The van der Waals surface area contributed by atoms with E-state index < -0.39 is 23.1 Å². The standard InChI is InChI=1S/C13H12N2O6/c1-21-9(16)5-6-15-10-7(13(19)20)3-2-4-8(10)14-11(17)12(15)18/h2-4H,5-6H2,1H3,(H,14,17)(H,19,20). The summed E-state index contributed by atoms with van der Waals surface area (Å²) in [6, 6.07) is 4.26. The van der Waals surface area contributed by atoms with Crippen LogP contribution >= 0.6 is 0 Å². The van der Waals surface area contributed by atoms with Crippen LogP contribution in [0.25, 0.3) is 11.0 Å². The zero-order valence-electron chi connectivity index (χ0n) is 11.1. The van der Waals surface area contributed by atoms with E-state index in [1.807, 2.05) is 0 Å². The Bertz CT molecular complexity index is 833. The molecule has 0 saturated heterocycles. The van der Waals surface area contributed by atoms with Crippen LogP contribution in [0.15, 0.2) is 27.8 Å². The molecule has 21 heavy (non-hydrogen) atoms. The van der Waals surface area contributed by atoms with E-state index in [-0.39, 0.29) is 29.6 Å². The van der Waals surface area contributed by atoms with Crippen LogP contribution < -0.4 is 11.1 Å². The SMILES string of the molecule is COC(=O)CCn1c(=O)c(=O)[nH]c2cccc(C(=O)O)c21. The molecule has 0 bridgehead atoms. The summed E-state index contributed by atoms with van der Waals surface area (Å²) in [5, 5.41) is 9.19. The smallest absolute Gasteiger partial charge is 0.337 e. The van der Waals surface area contributed by atoms with Gasteiger partial charge in [-0.1, -0.05) is 6.07 Å². The van der Waals surface area contributed by atoms with Crippen LogP contribution in [0, 0.1) is 0 Å². The first-order valence-corrected chi connectivity index (χ1v) is 6.01. The first-order valence-electron chi connectivity index (χ1n) is 6.01. The highest BCUT2D eigenvalue weighted by atomic mass is 16.5. The van der Waals surface area contributed by atoms with Crippen LogP contribution in [0.3, 0.4) is 0 Å². The monoisotopic (exact) mass is 292 g/mol. The average molecular weight is 292 g/mol. The molecule has 0 aliphatic rings. The minimum absolute atomic E-state index is 0.0681. The molecule has 0 unspecified atom stereocenters. The van der Waals surface area contributed by atoms with E-state index in [0.717, 1.165) is 4.57 Å². The summed E-state index contributed by atoms with van der Waals surface area (Å²) in [6.45, 7) is -0.143. The molecule has 8 nitrogen and oxygen atoms in total. The number of ether oxygens (including phenoxy) is 1. The molecule has 0 fully saturated rings. The number of rotatable bonds is 4. The number of benzene rings is 1. The van der Waals surface area contributed by atoms with Crippen LogP contribution in [0.1, 0.15) is 16.8 Å². The van der Waals surface area contributed by atoms with E-state index in [0.29, 0.717) is 0 Å². The molecule has 0 aliphatic carbocycles. The Hall–Kier alpha value is -2.90. The Labute approximate surface area is 117 Å². The van der Waals surface area contributed by atoms with E-state index in [1.165, 1.54) is 25.3 Å². The Morgan fingerprint density at radius 1 is 1.33 bits per heavy atom. The van der Waals surface area contributed by atoms with Gasteiger partial charge in [0.05, 0.1) is 30.1 Å². The Morgan fingerprint density at radius 3 is 2.67 bits per heavy atom. The highest BCUT2D eigenvalue weighted by Crippen LogP contribution is 2.15. The lowest BCUT2D eigenvalue weighted by Crippen LogP contribution is -2.37. The summed E-state index contributed by atoms with van der Waals surface area (Å²) < 4.78 is 5.46. The second kappa shape index (κ2) is 5.61. The third kappa shape index (κ3) is 2.69. The van der Waals surface area contributed by atoms with Gasteiger partial charge in [0.2, 0.25) is 0 Å². The molecule has 110 valence electrons. The largest absolute Gasteiger partial charge is 0.478 e. The number of methoxy groups -OCH3 is 1. The van der Waals surface area contributed by atoms with E-state index in [2.05, 4.69) is 9.72 Å².